The monoisotopic (exact) mass is 529 g/mol. The molecule has 202 valence electrons. The summed E-state index contributed by atoms with van der Waals surface area (Å²) in [5.41, 5.74) is -1.03. The van der Waals surface area contributed by atoms with Gasteiger partial charge in [-0.15, -0.1) is 0 Å². The molecule has 0 bridgehead atoms. The van der Waals surface area contributed by atoms with Crippen LogP contribution in [0.5, 0.6) is 0 Å². The van der Waals surface area contributed by atoms with Crippen molar-refractivity contribution in [3.63, 3.8) is 0 Å². The van der Waals surface area contributed by atoms with Gasteiger partial charge in [0.05, 0.1) is 12.5 Å². The van der Waals surface area contributed by atoms with Crippen LogP contribution in [0.1, 0.15) is 60.3 Å². The van der Waals surface area contributed by atoms with Crippen LogP contribution in [-0.4, -0.2) is 76.8 Å². The van der Waals surface area contributed by atoms with Crippen molar-refractivity contribution >= 4 is 41.1 Å². The van der Waals surface area contributed by atoms with Crippen molar-refractivity contribution in [3.05, 3.63) is 0 Å². The molecule has 12 heteroatoms. The maximum absolute atomic E-state index is 13.7. The van der Waals surface area contributed by atoms with Gasteiger partial charge in [0, 0.05) is 19.0 Å². The van der Waals surface area contributed by atoms with Crippen LogP contribution in [0, 0.1) is 22.7 Å². The molecule has 0 unspecified atom stereocenters. The lowest BCUT2D eigenvalue weighted by atomic mass is 9.85. The predicted octanol–water partition coefficient (Wildman–Crippen LogP) is 1.08. The molecule has 3 aliphatic rings. The van der Waals surface area contributed by atoms with E-state index in [4.69, 9.17) is 11.6 Å². The molecular formula is C24H37ClFN5O5. The van der Waals surface area contributed by atoms with Gasteiger partial charge in [0.1, 0.15) is 12.1 Å². The third kappa shape index (κ3) is 6.66. The van der Waals surface area contributed by atoms with E-state index in [0.29, 0.717) is 19.4 Å². The fourth-order valence-electron chi connectivity index (χ4n) is 4.71. The molecule has 0 aromatic heterocycles. The van der Waals surface area contributed by atoms with E-state index >= 15 is 0 Å². The maximum atomic E-state index is 13.7. The van der Waals surface area contributed by atoms with Gasteiger partial charge in [0.25, 0.3) is 17.4 Å². The summed E-state index contributed by atoms with van der Waals surface area (Å²) in [5, 5.41) is 6.24. The number of carbonyl (C=O) groups excluding carboxylic acids is 5. The molecule has 2 saturated heterocycles. The topological polar surface area (TPSA) is 128 Å². The van der Waals surface area contributed by atoms with Crippen LogP contribution < -0.4 is 16.1 Å². The van der Waals surface area contributed by atoms with Gasteiger partial charge in [-0.3, -0.25) is 29.4 Å². The summed E-state index contributed by atoms with van der Waals surface area (Å²) < 4.78 is 13.7. The number of nitrogens with zero attached hydrogens (tertiary/aromatic N) is 2. The van der Waals surface area contributed by atoms with Crippen LogP contribution in [0.15, 0.2) is 0 Å². The van der Waals surface area contributed by atoms with Crippen LogP contribution >= 0.6 is 11.6 Å². The molecule has 3 rings (SSSR count). The Morgan fingerprint density at radius 3 is 2.33 bits per heavy atom. The lowest BCUT2D eigenvalue weighted by Crippen LogP contribution is -2.60. The normalized spacial score (nSPS) is 25.1. The molecule has 36 heavy (non-hydrogen) atoms. The van der Waals surface area contributed by atoms with Gasteiger partial charge in [0.15, 0.2) is 0 Å². The van der Waals surface area contributed by atoms with Gasteiger partial charge in [-0.2, -0.15) is 0 Å². The smallest absolute Gasteiger partial charge is 0.291 e. The second kappa shape index (κ2) is 10.5. The number of amides is 5. The summed E-state index contributed by atoms with van der Waals surface area (Å²) in [7, 11) is 0. The van der Waals surface area contributed by atoms with E-state index in [1.165, 1.54) is 4.90 Å². The van der Waals surface area contributed by atoms with Crippen LogP contribution in [0.25, 0.3) is 0 Å². The first-order valence-corrected chi connectivity index (χ1v) is 12.8. The van der Waals surface area contributed by atoms with Crippen molar-refractivity contribution in [2.24, 2.45) is 22.7 Å². The highest BCUT2D eigenvalue weighted by molar-refractivity contribution is 6.29. The highest BCUT2D eigenvalue weighted by Gasteiger charge is 2.48. The van der Waals surface area contributed by atoms with Crippen LogP contribution in [0.4, 0.5) is 4.39 Å². The summed E-state index contributed by atoms with van der Waals surface area (Å²) >= 11 is 5.37. The van der Waals surface area contributed by atoms with E-state index in [2.05, 4.69) is 16.1 Å². The molecule has 5 amide bonds. The average Bonchev–Trinajstić information content (AvgIpc) is 3.47. The van der Waals surface area contributed by atoms with Crippen molar-refractivity contribution < 1.29 is 28.4 Å². The third-order valence-electron chi connectivity index (χ3n) is 6.92. The Morgan fingerprint density at radius 2 is 1.83 bits per heavy atom. The first kappa shape index (κ1) is 28.1. The Balaban J connectivity index is 1.80. The van der Waals surface area contributed by atoms with Gasteiger partial charge in [-0.1, -0.05) is 46.2 Å². The lowest BCUT2D eigenvalue weighted by Gasteiger charge is -2.36. The molecule has 2 aliphatic heterocycles. The number of hydrazine groups is 1. The molecule has 0 radical (unpaired) electrons. The van der Waals surface area contributed by atoms with Gasteiger partial charge >= 0.3 is 0 Å². The Hall–Kier alpha value is -2.43. The van der Waals surface area contributed by atoms with Gasteiger partial charge in [0.2, 0.25) is 17.7 Å². The number of nitrogens with one attached hydrogen (secondary N) is 3. The summed E-state index contributed by atoms with van der Waals surface area (Å²) in [5.74, 6) is -3.45. The van der Waals surface area contributed by atoms with E-state index in [1.54, 1.807) is 0 Å². The molecule has 0 aromatic rings. The molecule has 3 fully saturated rings. The van der Waals surface area contributed by atoms with Gasteiger partial charge in [-0.25, -0.2) is 9.40 Å². The second-order valence-electron chi connectivity index (χ2n) is 11.9. The van der Waals surface area contributed by atoms with Crippen molar-refractivity contribution in [1.29, 1.82) is 0 Å². The van der Waals surface area contributed by atoms with Gasteiger partial charge in [-0.05, 0) is 36.5 Å². The third-order valence-corrected chi connectivity index (χ3v) is 7.10. The highest BCUT2D eigenvalue weighted by Crippen LogP contribution is 2.36. The van der Waals surface area contributed by atoms with Crippen LogP contribution in [-0.2, 0) is 24.0 Å². The first-order chi connectivity index (χ1) is 16.6. The molecule has 4 atom stereocenters. The summed E-state index contributed by atoms with van der Waals surface area (Å²) in [4.78, 5) is 65.5. The number of halogens is 2. The van der Waals surface area contributed by atoms with Crippen LogP contribution in [0.2, 0.25) is 0 Å². The fourth-order valence-corrected chi connectivity index (χ4v) is 4.83. The maximum Gasteiger partial charge on any atom is 0.291 e. The van der Waals surface area contributed by atoms with E-state index < -0.39 is 52.2 Å². The number of hydrogen-bond acceptors (Lipinski definition) is 5. The largest absolute Gasteiger partial charge is 0.356 e. The number of rotatable bonds is 7. The zero-order valence-corrected chi connectivity index (χ0v) is 22.3. The van der Waals surface area contributed by atoms with Gasteiger partial charge < -0.3 is 15.5 Å². The molecule has 10 nitrogen and oxygen atoms in total. The molecule has 1 saturated carbocycles. The van der Waals surface area contributed by atoms with E-state index in [0.717, 1.165) is 17.9 Å². The second-order valence-corrected chi connectivity index (χ2v) is 12.3. The summed E-state index contributed by atoms with van der Waals surface area (Å²) in [6.45, 7) is 9.79. The Kier molecular flexibility index (Phi) is 8.22. The van der Waals surface area contributed by atoms with Crippen molar-refractivity contribution in [2.45, 2.75) is 78.0 Å². The average molecular weight is 530 g/mol. The quantitative estimate of drug-likeness (QED) is 0.336. The van der Waals surface area contributed by atoms with Crippen molar-refractivity contribution in [3.8, 4) is 0 Å². The van der Waals surface area contributed by atoms with E-state index in [-0.39, 0.29) is 30.8 Å². The molecule has 0 spiro atoms. The SMILES string of the molecule is CC1(C)C[C@@H](C(=O)NN(C[C@@H]2CCNC2=O)C(=O)[C@H](F)Cl)N(C(=O)[C@@H](NC(=O)C2CC2)C(C)(C)C)C1. The van der Waals surface area contributed by atoms with Crippen LogP contribution in [0.3, 0.4) is 0 Å². The Bertz CT molecular complexity index is 917. The predicted molar refractivity (Wildman–Crippen MR) is 130 cm³/mol. The molecular weight excluding hydrogens is 493 g/mol. The number of carbonyl (C=O) groups is 5. The minimum Gasteiger partial charge on any atom is -0.356 e. The fraction of sp³-hybridized carbons (Fsp3) is 0.792. The van der Waals surface area contributed by atoms with Crippen molar-refractivity contribution in [2.75, 3.05) is 19.6 Å². The number of likely N-dealkylation sites (tertiary alicyclic amines) is 1. The zero-order valence-electron chi connectivity index (χ0n) is 21.5. The minimum absolute atomic E-state index is 0.0895. The first-order valence-electron chi connectivity index (χ1n) is 12.4. The highest BCUT2D eigenvalue weighted by atomic mass is 35.5. The molecule has 2 heterocycles. The lowest BCUT2D eigenvalue weighted by molar-refractivity contribution is -0.150. The molecule has 3 N–H and O–H groups in total. The van der Waals surface area contributed by atoms with E-state index in [9.17, 15) is 28.4 Å². The summed E-state index contributed by atoms with van der Waals surface area (Å²) in [6, 6.07) is -1.82. The number of hydrogen-bond donors (Lipinski definition) is 3. The molecule has 0 aromatic carbocycles. The van der Waals surface area contributed by atoms with Crippen molar-refractivity contribution in [1.82, 2.24) is 26.0 Å². The molecule has 1 aliphatic carbocycles. The standard InChI is InChI=1S/C24H37ClFN5O5/c1-23(2,3)16(28-19(33)13-6-7-13)21(35)30-12-24(4,5)10-15(30)20(34)29-31(22(36)17(25)26)11-14-8-9-27-18(14)32/h13-17H,6-12H2,1-5H3,(H,27,32)(H,28,33)(H,29,34)/t14-,15-,16+,17-/m0/s1. The minimum atomic E-state index is -2.41. The number of alkyl halides is 2. The van der Waals surface area contributed by atoms with E-state index in [1.807, 2.05) is 34.6 Å². The summed E-state index contributed by atoms with van der Waals surface area (Å²) in [6.07, 6.45) is 2.30. The Labute approximate surface area is 216 Å². The Morgan fingerprint density at radius 1 is 1.19 bits per heavy atom. The zero-order chi connectivity index (χ0) is 27.0.